The van der Waals surface area contributed by atoms with Crippen LogP contribution >= 0.6 is 0 Å². The molecule has 0 N–H and O–H groups in total. The van der Waals surface area contributed by atoms with Crippen LogP contribution in [0.15, 0.2) is 35.2 Å². The molecule has 3 saturated heterocycles. The van der Waals surface area contributed by atoms with Crippen molar-refractivity contribution in [1.82, 2.24) is 0 Å². The SMILES string of the molecule is C=C1C(C2(C)C(OC(C)=O)CC(=O)OCC3(C)OC(=O)CC32)C(OC=O)C(OC(=O)C(OC(C)=O)C(C)CC)C2(C)C(c3ccoc3)CC3OC132. The molecule has 0 bridgehead atoms. The van der Waals surface area contributed by atoms with Crippen LogP contribution in [0.25, 0.3) is 0 Å². The molecule has 1 aromatic heterocycles. The van der Waals surface area contributed by atoms with E-state index in [9.17, 15) is 28.8 Å². The van der Waals surface area contributed by atoms with E-state index in [4.69, 9.17) is 37.6 Å². The Balaban J connectivity index is 1.58. The lowest BCUT2D eigenvalue weighted by molar-refractivity contribution is -0.230. The van der Waals surface area contributed by atoms with Gasteiger partial charge in [0.25, 0.3) is 6.47 Å². The highest BCUT2D eigenvalue weighted by Gasteiger charge is 2.85. The Hall–Kier alpha value is -4.20. The van der Waals surface area contributed by atoms with E-state index in [0.717, 1.165) is 5.56 Å². The molecule has 14 nitrogen and oxygen atoms in total. The van der Waals surface area contributed by atoms with Crippen LogP contribution in [-0.2, 0) is 61.9 Å². The van der Waals surface area contributed by atoms with Gasteiger partial charge in [0.05, 0.1) is 36.9 Å². The minimum Gasteiger partial charge on any atom is -0.472 e. The lowest BCUT2D eigenvalue weighted by Crippen LogP contribution is -2.69. The molecule has 5 fully saturated rings. The van der Waals surface area contributed by atoms with Gasteiger partial charge in [0.1, 0.15) is 36.1 Å². The second kappa shape index (κ2) is 12.8. The van der Waals surface area contributed by atoms with Crippen molar-refractivity contribution >= 4 is 36.3 Å². The van der Waals surface area contributed by atoms with Crippen molar-refractivity contribution in [2.75, 3.05) is 6.61 Å². The fourth-order valence-electron chi connectivity index (χ4n) is 10.1. The third kappa shape index (κ3) is 5.46. The molecule has 0 radical (unpaired) electrons. The number of rotatable bonds is 10. The minimum absolute atomic E-state index is 0.154. The van der Waals surface area contributed by atoms with E-state index in [1.165, 1.54) is 20.1 Å². The molecule has 1 aromatic rings. The molecule has 5 aliphatic rings. The summed E-state index contributed by atoms with van der Waals surface area (Å²) in [7, 11) is 0. The molecule has 13 atom stereocenters. The molecule has 2 aliphatic carbocycles. The predicted molar refractivity (Wildman–Crippen MR) is 172 cm³/mol. The Kier molecular flexibility index (Phi) is 9.17. The van der Waals surface area contributed by atoms with Crippen molar-refractivity contribution in [2.45, 2.75) is 122 Å². The Bertz CT molecular complexity index is 1620. The van der Waals surface area contributed by atoms with Gasteiger partial charge in [0.15, 0.2) is 0 Å². The smallest absolute Gasteiger partial charge is 0.348 e. The van der Waals surface area contributed by atoms with Gasteiger partial charge in [-0.25, -0.2) is 4.79 Å². The summed E-state index contributed by atoms with van der Waals surface area (Å²) in [6.07, 6.45) is -2.04. The van der Waals surface area contributed by atoms with Crippen LogP contribution in [0.3, 0.4) is 0 Å². The molecule has 51 heavy (non-hydrogen) atoms. The normalized spacial score (nSPS) is 40.8. The molecule has 6 rings (SSSR count). The second-order valence-corrected chi connectivity index (χ2v) is 15.3. The molecule has 1 spiro atoms. The molecule has 14 heteroatoms. The summed E-state index contributed by atoms with van der Waals surface area (Å²) >= 11 is 0. The van der Waals surface area contributed by atoms with E-state index in [1.54, 1.807) is 27.0 Å². The second-order valence-electron chi connectivity index (χ2n) is 15.3. The Morgan fingerprint density at radius 2 is 1.80 bits per heavy atom. The van der Waals surface area contributed by atoms with Crippen LogP contribution in [0.5, 0.6) is 0 Å². The standard InChI is InChI=1S/C37H46O14/c1-9-18(2)30(48-21(5)40)33(43)49-32-31(46-17-38)29(19(3)37-26(50-37)12-23(36(32,37)8)22-10-11-44-15-22)35(7)24-13-28(42)51-34(24,6)16-45-27(41)14-25(35)47-20(4)39/h10-11,15,17-18,23-26,29-32H,3,9,12-14,16H2,1-2,4-8H3. The number of carbonyl (C=O) groups is 6. The number of furan rings is 1. The number of epoxide rings is 1. The largest absolute Gasteiger partial charge is 0.472 e. The third-order valence-electron chi connectivity index (χ3n) is 12.6. The average molecular weight is 715 g/mol. The van der Waals surface area contributed by atoms with E-state index in [1.807, 2.05) is 19.9 Å². The van der Waals surface area contributed by atoms with E-state index in [-0.39, 0.29) is 25.4 Å². The predicted octanol–water partition coefficient (Wildman–Crippen LogP) is 3.73. The first kappa shape index (κ1) is 36.6. The van der Waals surface area contributed by atoms with Gasteiger partial charge in [-0.05, 0) is 37.0 Å². The highest BCUT2D eigenvalue weighted by molar-refractivity contribution is 5.79. The lowest BCUT2D eigenvalue weighted by atomic mass is 9.47. The molecule has 278 valence electrons. The summed E-state index contributed by atoms with van der Waals surface area (Å²) in [6, 6.07) is 1.81. The number of cyclic esters (lactones) is 1. The molecule has 13 unspecified atom stereocenters. The van der Waals surface area contributed by atoms with Crippen molar-refractivity contribution in [1.29, 1.82) is 0 Å². The zero-order chi connectivity index (χ0) is 37.3. The fraction of sp³-hybridized carbons (Fsp3) is 0.676. The molecule has 0 amide bonds. The maximum absolute atomic E-state index is 14.3. The number of esters is 5. The van der Waals surface area contributed by atoms with Gasteiger partial charge >= 0.3 is 29.8 Å². The topological polar surface area (TPSA) is 183 Å². The molecule has 3 aliphatic heterocycles. The Morgan fingerprint density at radius 1 is 1.08 bits per heavy atom. The van der Waals surface area contributed by atoms with Crippen LogP contribution in [0, 0.1) is 28.6 Å². The van der Waals surface area contributed by atoms with Crippen LogP contribution in [0.4, 0.5) is 0 Å². The van der Waals surface area contributed by atoms with Gasteiger partial charge in [-0.1, -0.05) is 34.3 Å². The number of fused-ring (bicyclic) bond motifs is 1. The summed E-state index contributed by atoms with van der Waals surface area (Å²) in [5.74, 6) is -6.13. The van der Waals surface area contributed by atoms with Gasteiger partial charge < -0.3 is 37.6 Å². The fourth-order valence-corrected chi connectivity index (χ4v) is 10.1. The van der Waals surface area contributed by atoms with Crippen molar-refractivity contribution in [3.63, 3.8) is 0 Å². The summed E-state index contributed by atoms with van der Waals surface area (Å²) in [5, 5.41) is 0. The van der Waals surface area contributed by atoms with E-state index < -0.39 is 107 Å². The number of ether oxygens (including phenoxy) is 7. The highest BCUT2D eigenvalue weighted by Crippen LogP contribution is 2.76. The van der Waals surface area contributed by atoms with Crippen molar-refractivity contribution in [3.8, 4) is 0 Å². The summed E-state index contributed by atoms with van der Waals surface area (Å²) in [4.78, 5) is 78.2. The Morgan fingerprint density at radius 3 is 2.41 bits per heavy atom. The summed E-state index contributed by atoms with van der Waals surface area (Å²) < 4.78 is 47.4. The van der Waals surface area contributed by atoms with E-state index in [0.29, 0.717) is 18.4 Å². The van der Waals surface area contributed by atoms with Crippen molar-refractivity contribution in [3.05, 3.63) is 36.3 Å². The lowest BCUT2D eigenvalue weighted by Gasteiger charge is -2.60. The first-order valence-corrected chi connectivity index (χ1v) is 17.4. The first-order chi connectivity index (χ1) is 24.0. The summed E-state index contributed by atoms with van der Waals surface area (Å²) in [5.41, 5.74) is -3.88. The van der Waals surface area contributed by atoms with Gasteiger partial charge in [0.2, 0.25) is 6.10 Å². The molecule has 0 aromatic carbocycles. The number of hydrogen-bond acceptors (Lipinski definition) is 14. The van der Waals surface area contributed by atoms with Crippen LogP contribution < -0.4 is 0 Å². The highest BCUT2D eigenvalue weighted by atomic mass is 16.6. The molecular weight excluding hydrogens is 668 g/mol. The summed E-state index contributed by atoms with van der Waals surface area (Å²) in [6.45, 7) is 15.8. The first-order valence-electron chi connectivity index (χ1n) is 17.4. The Labute approximate surface area is 295 Å². The minimum atomic E-state index is -1.44. The van der Waals surface area contributed by atoms with E-state index >= 15 is 0 Å². The van der Waals surface area contributed by atoms with Crippen LogP contribution in [0.2, 0.25) is 0 Å². The van der Waals surface area contributed by atoms with Gasteiger partial charge in [-0.15, -0.1) is 0 Å². The zero-order valence-electron chi connectivity index (χ0n) is 30.0. The maximum atomic E-state index is 14.3. The average Bonchev–Trinajstić information content (AvgIpc) is 3.30. The van der Waals surface area contributed by atoms with Gasteiger partial charge in [-0.2, -0.15) is 0 Å². The number of hydrogen-bond donors (Lipinski definition) is 0. The van der Waals surface area contributed by atoms with Crippen LogP contribution in [0.1, 0.15) is 85.6 Å². The quantitative estimate of drug-likeness (QED) is 0.112. The zero-order valence-corrected chi connectivity index (χ0v) is 30.0. The number of carbonyl (C=O) groups excluding carboxylic acids is 6. The third-order valence-corrected chi connectivity index (χ3v) is 12.6. The van der Waals surface area contributed by atoms with Crippen LogP contribution in [-0.4, -0.2) is 84.6 Å². The van der Waals surface area contributed by atoms with Crippen molar-refractivity contribution < 1.29 is 66.3 Å². The molecule has 2 saturated carbocycles. The van der Waals surface area contributed by atoms with Crippen molar-refractivity contribution in [2.24, 2.45) is 28.6 Å². The van der Waals surface area contributed by atoms with Gasteiger partial charge in [-0.3, -0.25) is 24.0 Å². The van der Waals surface area contributed by atoms with Gasteiger partial charge in [0, 0.05) is 42.9 Å². The maximum Gasteiger partial charge on any atom is 0.348 e. The molecule has 4 heterocycles. The monoisotopic (exact) mass is 714 g/mol. The molecular formula is C37H46O14. The van der Waals surface area contributed by atoms with E-state index in [2.05, 4.69) is 6.58 Å².